The van der Waals surface area contributed by atoms with Crippen LogP contribution in [0.25, 0.3) is 0 Å². The van der Waals surface area contributed by atoms with Crippen molar-refractivity contribution < 1.29 is 4.79 Å². The van der Waals surface area contributed by atoms with Gasteiger partial charge in [0, 0.05) is 19.8 Å². The van der Waals surface area contributed by atoms with Gasteiger partial charge in [0.05, 0.1) is 0 Å². The van der Waals surface area contributed by atoms with Gasteiger partial charge in [-0.25, -0.2) is 14.6 Å². The first-order valence-corrected chi connectivity index (χ1v) is 5.29. The molecule has 2 rings (SSSR count). The van der Waals surface area contributed by atoms with Gasteiger partial charge >= 0.3 is 0 Å². The zero-order valence-corrected chi connectivity index (χ0v) is 10.3. The molecule has 2 heterocycles. The highest BCUT2D eigenvalue weighted by Crippen LogP contribution is 2.07. The second-order valence-electron chi connectivity index (χ2n) is 3.63. The van der Waals surface area contributed by atoms with Gasteiger partial charge in [-0.05, 0) is 13.0 Å². The number of hydrogen-bond acceptors (Lipinski definition) is 6. The Morgan fingerprint density at radius 1 is 1.39 bits per heavy atom. The highest BCUT2D eigenvalue weighted by atomic mass is 16.2. The van der Waals surface area contributed by atoms with Gasteiger partial charge in [-0.15, -0.1) is 0 Å². The van der Waals surface area contributed by atoms with Gasteiger partial charge in [0.1, 0.15) is 12.0 Å². The summed E-state index contributed by atoms with van der Waals surface area (Å²) >= 11 is 0. The molecular weight excluding hydrogens is 234 g/mol. The summed E-state index contributed by atoms with van der Waals surface area (Å²) in [4.78, 5) is 24.1. The third-order valence-corrected chi connectivity index (χ3v) is 2.25. The van der Waals surface area contributed by atoms with E-state index in [2.05, 4.69) is 30.7 Å². The van der Waals surface area contributed by atoms with Crippen molar-refractivity contribution in [3.8, 4) is 0 Å². The van der Waals surface area contributed by atoms with Crippen molar-refractivity contribution in [2.75, 3.05) is 17.7 Å². The molecule has 2 aromatic rings. The summed E-state index contributed by atoms with van der Waals surface area (Å²) in [6.45, 7) is 1.79. The molecule has 0 aliphatic rings. The predicted molar refractivity (Wildman–Crippen MR) is 65.3 cm³/mol. The normalized spacial score (nSPS) is 10.2. The van der Waals surface area contributed by atoms with Crippen LogP contribution in [0.4, 0.5) is 11.9 Å². The second-order valence-corrected chi connectivity index (χ2v) is 3.63. The fourth-order valence-electron chi connectivity index (χ4n) is 1.37. The topological polar surface area (TPSA) is 97.6 Å². The molecule has 94 valence electrons. The van der Waals surface area contributed by atoms with Crippen molar-refractivity contribution in [2.24, 2.45) is 7.05 Å². The highest BCUT2D eigenvalue weighted by molar-refractivity contribution is 6.02. The SMILES string of the molecule is CNc1nc(C)cc(C(=O)Nc2ncnn2C)n1. The Balaban J connectivity index is 2.24. The number of anilines is 2. The smallest absolute Gasteiger partial charge is 0.276 e. The van der Waals surface area contributed by atoms with Crippen molar-refractivity contribution in [1.29, 1.82) is 0 Å². The van der Waals surface area contributed by atoms with Gasteiger partial charge in [0.15, 0.2) is 0 Å². The Bertz CT molecular complexity index is 577. The lowest BCUT2D eigenvalue weighted by atomic mass is 10.3. The molecule has 0 atom stereocenters. The molecule has 0 saturated heterocycles. The number of carbonyl (C=O) groups excluding carboxylic acids is 1. The summed E-state index contributed by atoms with van der Waals surface area (Å²) in [7, 11) is 3.38. The Labute approximate surface area is 103 Å². The van der Waals surface area contributed by atoms with E-state index < -0.39 is 0 Å². The number of aryl methyl sites for hydroxylation is 2. The molecule has 8 heteroatoms. The maximum Gasteiger partial charge on any atom is 0.276 e. The molecule has 0 aliphatic carbocycles. The van der Waals surface area contributed by atoms with Gasteiger partial charge in [-0.3, -0.25) is 10.1 Å². The summed E-state index contributed by atoms with van der Waals surface area (Å²) in [5.74, 6) is 0.411. The molecule has 8 nitrogen and oxygen atoms in total. The first-order valence-electron chi connectivity index (χ1n) is 5.29. The lowest BCUT2D eigenvalue weighted by Gasteiger charge is -2.05. The molecule has 0 fully saturated rings. The maximum absolute atomic E-state index is 12.0. The van der Waals surface area contributed by atoms with Crippen LogP contribution in [0.1, 0.15) is 16.2 Å². The number of hydrogen-bond donors (Lipinski definition) is 2. The van der Waals surface area contributed by atoms with E-state index in [9.17, 15) is 4.79 Å². The quantitative estimate of drug-likeness (QED) is 0.804. The lowest BCUT2D eigenvalue weighted by molar-refractivity contribution is 0.102. The van der Waals surface area contributed by atoms with Crippen LogP contribution in [0.2, 0.25) is 0 Å². The fraction of sp³-hybridized carbons (Fsp3) is 0.300. The molecule has 0 bridgehead atoms. The number of rotatable bonds is 3. The van der Waals surface area contributed by atoms with Crippen molar-refractivity contribution in [2.45, 2.75) is 6.92 Å². The second kappa shape index (κ2) is 4.78. The van der Waals surface area contributed by atoms with Crippen molar-refractivity contribution >= 4 is 17.8 Å². The van der Waals surface area contributed by atoms with Crippen molar-refractivity contribution in [1.82, 2.24) is 24.7 Å². The van der Waals surface area contributed by atoms with Crippen LogP contribution >= 0.6 is 0 Å². The predicted octanol–water partition coefficient (Wildman–Crippen LogP) is 0.208. The van der Waals surface area contributed by atoms with Crippen molar-refractivity contribution in [3.05, 3.63) is 23.8 Å². The molecule has 0 radical (unpaired) electrons. The average molecular weight is 247 g/mol. The number of nitrogens with zero attached hydrogens (tertiary/aromatic N) is 5. The maximum atomic E-state index is 12.0. The van der Waals surface area contributed by atoms with E-state index in [-0.39, 0.29) is 11.6 Å². The molecule has 0 aromatic carbocycles. The largest absolute Gasteiger partial charge is 0.357 e. The van der Waals surface area contributed by atoms with E-state index in [0.29, 0.717) is 17.6 Å². The fourth-order valence-corrected chi connectivity index (χ4v) is 1.37. The first kappa shape index (κ1) is 12.0. The molecule has 18 heavy (non-hydrogen) atoms. The van der Waals surface area contributed by atoms with Gasteiger partial charge in [0.25, 0.3) is 5.91 Å². The van der Waals surface area contributed by atoms with E-state index in [1.807, 2.05) is 0 Å². The highest BCUT2D eigenvalue weighted by Gasteiger charge is 2.12. The van der Waals surface area contributed by atoms with Crippen LogP contribution in [0.3, 0.4) is 0 Å². The van der Waals surface area contributed by atoms with E-state index in [0.717, 1.165) is 0 Å². The number of nitrogens with one attached hydrogen (secondary N) is 2. The molecule has 0 unspecified atom stereocenters. The van der Waals surface area contributed by atoms with Crippen LogP contribution in [0, 0.1) is 6.92 Å². The number of carbonyl (C=O) groups is 1. The minimum Gasteiger partial charge on any atom is -0.357 e. The summed E-state index contributed by atoms with van der Waals surface area (Å²) in [5, 5.41) is 9.28. The van der Waals surface area contributed by atoms with Crippen LogP contribution in [0.15, 0.2) is 12.4 Å². The van der Waals surface area contributed by atoms with Crippen LogP contribution in [0.5, 0.6) is 0 Å². The van der Waals surface area contributed by atoms with E-state index in [4.69, 9.17) is 0 Å². The molecule has 1 amide bonds. The summed E-state index contributed by atoms with van der Waals surface area (Å²) < 4.78 is 1.46. The molecule has 0 aliphatic heterocycles. The van der Waals surface area contributed by atoms with Gasteiger partial charge in [-0.2, -0.15) is 10.1 Å². The Hall–Kier alpha value is -2.51. The Kier molecular flexibility index (Phi) is 3.18. The average Bonchev–Trinajstić information content (AvgIpc) is 2.74. The van der Waals surface area contributed by atoms with Gasteiger partial charge < -0.3 is 5.32 Å². The number of aromatic nitrogens is 5. The Morgan fingerprint density at radius 2 is 2.17 bits per heavy atom. The van der Waals surface area contributed by atoms with Gasteiger partial charge in [-0.1, -0.05) is 0 Å². The molecule has 0 spiro atoms. The standard InChI is InChI=1S/C10H13N7O/c1-6-4-7(15-9(11-2)14-6)8(18)16-10-12-5-13-17(10)3/h4-5H,1-3H3,(H,11,14,15)(H,12,13,16,18). The third kappa shape index (κ3) is 2.42. The zero-order valence-electron chi connectivity index (χ0n) is 10.3. The van der Waals surface area contributed by atoms with Crippen molar-refractivity contribution in [3.63, 3.8) is 0 Å². The van der Waals surface area contributed by atoms with E-state index >= 15 is 0 Å². The van der Waals surface area contributed by atoms with Crippen LogP contribution in [-0.2, 0) is 7.05 Å². The molecule has 2 aromatic heterocycles. The Morgan fingerprint density at radius 3 is 2.78 bits per heavy atom. The third-order valence-electron chi connectivity index (χ3n) is 2.25. The minimum absolute atomic E-state index is 0.273. The minimum atomic E-state index is -0.354. The molecule has 2 N–H and O–H groups in total. The van der Waals surface area contributed by atoms with E-state index in [1.165, 1.54) is 11.0 Å². The summed E-state index contributed by atoms with van der Waals surface area (Å²) in [5.41, 5.74) is 0.979. The monoisotopic (exact) mass is 247 g/mol. The summed E-state index contributed by atoms with van der Waals surface area (Å²) in [6.07, 6.45) is 1.36. The lowest BCUT2D eigenvalue weighted by Crippen LogP contribution is -2.18. The molecular formula is C10H13N7O. The van der Waals surface area contributed by atoms with E-state index in [1.54, 1.807) is 27.1 Å². The zero-order chi connectivity index (χ0) is 13.1. The summed E-state index contributed by atoms with van der Waals surface area (Å²) in [6, 6.07) is 1.60. The first-order chi connectivity index (χ1) is 8.60. The van der Waals surface area contributed by atoms with Crippen LogP contribution < -0.4 is 10.6 Å². The van der Waals surface area contributed by atoms with Crippen LogP contribution in [-0.4, -0.2) is 37.7 Å². The van der Waals surface area contributed by atoms with Gasteiger partial charge in [0.2, 0.25) is 11.9 Å². The molecule has 0 saturated carbocycles. The number of amides is 1.